The van der Waals surface area contributed by atoms with E-state index >= 15 is 0 Å². The van der Waals surface area contributed by atoms with Crippen LogP contribution in [0, 0.1) is 17.2 Å². The summed E-state index contributed by atoms with van der Waals surface area (Å²) in [5.41, 5.74) is 7.69. The average Bonchev–Trinajstić information content (AvgIpc) is 3.13. The number of hydrogen-bond acceptors (Lipinski definition) is 2. The fraction of sp³-hybridized carbons (Fsp3) is 0.538. The number of nitrogens with two attached hydrogens (primary N) is 1. The molecule has 2 saturated carbocycles. The van der Waals surface area contributed by atoms with Gasteiger partial charge in [-0.3, -0.25) is 0 Å². The van der Waals surface area contributed by atoms with E-state index in [0.29, 0.717) is 11.1 Å². The fourth-order valence-electron chi connectivity index (χ4n) is 2.54. The molecule has 3 heteroatoms. The van der Waals surface area contributed by atoms with E-state index in [2.05, 4.69) is 5.32 Å². The quantitative estimate of drug-likeness (QED) is 0.765. The molecule has 0 spiro atoms. The Hall–Kier alpha value is -1.25. The number of anilines is 2. The molecule has 0 bridgehead atoms. The molecule has 1 aromatic carbocycles. The molecular weight excluding hydrogens is 203 g/mol. The van der Waals surface area contributed by atoms with Gasteiger partial charge in [-0.15, -0.1) is 0 Å². The normalized spacial score (nSPS) is 21.8. The van der Waals surface area contributed by atoms with Gasteiger partial charge in [0.05, 0.1) is 11.4 Å². The third kappa shape index (κ3) is 1.75. The molecule has 0 aromatic heterocycles. The Bertz CT molecular complexity index is 408. The molecule has 0 atom stereocenters. The van der Waals surface area contributed by atoms with Crippen molar-refractivity contribution in [1.82, 2.24) is 0 Å². The van der Waals surface area contributed by atoms with Gasteiger partial charge in [0.2, 0.25) is 0 Å². The van der Waals surface area contributed by atoms with Crippen LogP contribution in [-0.4, -0.2) is 6.54 Å². The zero-order valence-corrected chi connectivity index (χ0v) is 9.30. The molecule has 86 valence electrons. The molecule has 0 heterocycles. The van der Waals surface area contributed by atoms with Crippen LogP contribution in [0.4, 0.5) is 15.8 Å². The second-order valence-corrected chi connectivity index (χ2v) is 5.22. The molecule has 1 aromatic rings. The van der Waals surface area contributed by atoms with E-state index in [1.165, 1.54) is 37.8 Å². The molecular formula is C13H17FN2. The van der Waals surface area contributed by atoms with Crippen LogP contribution in [0.25, 0.3) is 0 Å². The highest BCUT2D eigenvalue weighted by Gasteiger charge is 2.53. The molecule has 0 saturated heterocycles. The number of nitrogens with one attached hydrogen (secondary N) is 1. The van der Waals surface area contributed by atoms with E-state index < -0.39 is 0 Å². The Kier molecular flexibility index (Phi) is 2.09. The second kappa shape index (κ2) is 3.37. The van der Waals surface area contributed by atoms with Crippen LogP contribution < -0.4 is 11.1 Å². The van der Waals surface area contributed by atoms with Gasteiger partial charge in [0.15, 0.2) is 0 Å². The predicted molar refractivity (Wildman–Crippen MR) is 63.7 cm³/mol. The van der Waals surface area contributed by atoms with Crippen molar-refractivity contribution < 1.29 is 4.39 Å². The Morgan fingerprint density at radius 1 is 1.38 bits per heavy atom. The summed E-state index contributed by atoms with van der Waals surface area (Å²) in [7, 11) is 0. The lowest BCUT2D eigenvalue weighted by Crippen LogP contribution is -2.18. The van der Waals surface area contributed by atoms with Gasteiger partial charge in [0.25, 0.3) is 0 Å². The van der Waals surface area contributed by atoms with Gasteiger partial charge in [-0.25, -0.2) is 4.39 Å². The Morgan fingerprint density at radius 3 is 2.75 bits per heavy atom. The molecule has 2 aliphatic rings. The predicted octanol–water partition coefficient (Wildman–Crippen LogP) is 3.01. The van der Waals surface area contributed by atoms with Crippen molar-refractivity contribution in [2.45, 2.75) is 25.7 Å². The van der Waals surface area contributed by atoms with Crippen molar-refractivity contribution in [3.8, 4) is 0 Å². The summed E-state index contributed by atoms with van der Waals surface area (Å²) < 4.78 is 13.1. The van der Waals surface area contributed by atoms with Crippen molar-refractivity contribution in [2.75, 3.05) is 17.6 Å². The van der Waals surface area contributed by atoms with Gasteiger partial charge in [-0.2, -0.15) is 0 Å². The molecule has 0 unspecified atom stereocenters. The van der Waals surface area contributed by atoms with Gasteiger partial charge in [0.1, 0.15) is 5.82 Å². The average molecular weight is 220 g/mol. The Morgan fingerprint density at radius 2 is 2.12 bits per heavy atom. The molecule has 2 aliphatic carbocycles. The van der Waals surface area contributed by atoms with E-state index in [9.17, 15) is 4.39 Å². The van der Waals surface area contributed by atoms with Crippen LogP contribution in [0.3, 0.4) is 0 Å². The van der Waals surface area contributed by atoms with Gasteiger partial charge in [-0.1, -0.05) is 0 Å². The number of hydrogen-bond donors (Lipinski definition) is 2. The fourth-order valence-corrected chi connectivity index (χ4v) is 2.54. The first kappa shape index (κ1) is 9.94. The first-order chi connectivity index (χ1) is 7.70. The van der Waals surface area contributed by atoms with Crippen LogP contribution >= 0.6 is 0 Å². The first-order valence-electron chi connectivity index (χ1n) is 5.99. The van der Waals surface area contributed by atoms with E-state index in [1.807, 2.05) is 0 Å². The van der Waals surface area contributed by atoms with Crippen LogP contribution in [0.5, 0.6) is 0 Å². The SMILES string of the molecule is Nc1ccc(F)cc1NCC1(C2CC2)CC1. The lowest BCUT2D eigenvalue weighted by Gasteiger charge is -2.17. The van der Waals surface area contributed by atoms with Crippen molar-refractivity contribution in [3.63, 3.8) is 0 Å². The van der Waals surface area contributed by atoms with E-state index in [4.69, 9.17) is 5.73 Å². The Balaban J connectivity index is 1.67. The Labute approximate surface area is 95.0 Å². The highest BCUT2D eigenvalue weighted by atomic mass is 19.1. The van der Waals surface area contributed by atoms with Gasteiger partial charge in [0, 0.05) is 6.54 Å². The standard InChI is InChI=1S/C13H17FN2/c14-10-3-4-11(15)12(7-10)16-8-13(5-6-13)9-1-2-9/h3-4,7,9,16H,1-2,5-6,8,15H2. The number of nitrogen functional groups attached to an aromatic ring is 1. The minimum absolute atomic E-state index is 0.229. The second-order valence-electron chi connectivity index (χ2n) is 5.22. The van der Waals surface area contributed by atoms with Gasteiger partial charge >= 0.3 is 0 Å². The van der Waals surface area contributed by atoms with Crippen LogP contribution in [0.2, 0.25) is 0 Å². The van der Waals surface area contributed by atoms with Gasteiger partial charge in [-0.05, 0) is 55.2 Å². The molecule has 0 aliphatic heterocycles. The highest BCUT2D eigenvalue weighted by molar-refractivity contribution is 5.66. The van der Waals surface area contributed by atoms with Crippen LogP contribution in [0.1, 0.15) is 25.7 Å². The number of halogens is 1. The maximum atomic E-state index is 13.1. The van der Waals surface area contributed by atoms with Gasteiger partial charge < -0.3 is 11.1 Å². The summed E-state index contributed by atoms with van der Waals surface area (Å²) >= 11 is 0. The third-order valence-electron chi connectivity index (χ3n) is 3.98. The summed E-state index contributed by atoms with van der Waals surface area (Å²) in [5, 5.41) is 3.31. The largest absolute Gasteiger partial charge is 0.397 e. The molecule has 16 heavy (non-hydrogen) atoms. The zero-order chi connectivity index (χ0) is 11.2. The third-order valence-corrected chi connectivity index (χ3v) is 3.98. The molecule has 3 N–H and O–H groups in total. The lowest BCUT2D eigenvalue weighted by atomic mass is 10.0. The molecule has 2 nitrogen and oxygen atoms in total. The first-order valence-corrected chi connectivity index (χ1v) is 5.99. The molecule has 0 radical (unpaired) electrons. The maximum absolute atomic E-state index is 13.1. The zero-order valence-electron chi connectivity index (χ0n) is 9.30. The van der Waals surface area contributed by atoms with Crippen molar-refractivity contribution in [2.24, 2.45) is 11.3 Å². The molecule has 3 rings (SSSR count). The lowest BCUT2D eigenvalue weighted by molar-refractivity contribution is 0.467. The van der Waals surface area contributed by atoms with E-state index in [1.54, 1.807) is 6.07 Å². The minimum atomic E-state index is -0.229. The summed E-state index contributed by atoms with van der Waals surface area (Å²) in [5.74, 6) is 0.683. The van der Waals surface area contributed by atoms with Crippen LogP contribution in [0.15, 0.2) is 18.2 Å². The van der Waals surface area contributed by atoms with Crippen LogP contribution in [-0.2, 0) is 0 Å². The maximum Gasteiger partial charge on any atom is 0.125 e. The molecule has 0 amide bonds. The summed E-state index contributed by atoms with van der Waals surface area (Å²) in [4.78, 5) is 0. The molecule has 2 fully saturated rings. The van der Waals surface area contributed by atoms with E-state index in [0.717, 1.165) is 18.2 Å². The highest BCUT2D eigenvalue weighted by Crippen LogP contribution is 2.61. The number of rotatable bonds is 4. The summed E-state index contributed by atoms with van der Waals surface area (Å²) in [6, 6.07) is 4.50. The van der Waals surface area contributed by atoms with Crippen molar-refractivity contribution in [3.05, 3.63) is 24.0 Å². The van der Waals surface area contributed by atoms with Crippen molar-refractivity contribution >= 4 is 11.4 Å². The van der Waals surface area contributed by atoms with Crippen molar-refractivity contribution in [1.29, 1.82) is 0 Å². The smallest absolute Gasteiger partial charge is 0.125 e. The summed E-state index contributed by atoms with van der Waals surface area (Å²) in [6.45, 7) is 0.950. The monoisotopic (exact) mass is 220 g/mol. The topological polar surface area (TPSA) is 38.0 Å². The minimum Gasteiger partial charge on any atom is -0.397 e. The van der Waals surface area contributed by atoms with E-state index in [-0.39, 0.29) is 5.82 Å². The number of benzene rings is 1. The summed E-state index contributed by atoms with van der Waals surface area (Å²) in [6.07, 6.45) is 5.39.